The molecule has 0 aliphatic heterocycles. The third-order valence-corrected chi connectivity index (χ3v) is 13.6. The molecule has 0 aliphatic carbocycles. The maximum atomic E-state index is 5.08. The van der Waals surface area contributed by atoms with Gasteiger partial charge in [-0.1, -0.05) is 173 Å². The van der Waals surface area contributed by atoms with Gasteiger partial charge in [0.05, 0.1) is 27.8 Å². The van der Waals surface area contributed by atoms with Gasteiger partial charge in [0.25, 0.3) is 0 Å². The molecular formula is C62H49N5. The molecule has 0 fully saturated rings. The van der Waals surface area contributed by atoms with Gasteiger partial charge in [-0.2, -0.15) is 0 Å². The molecule has 0 spiro atoms. The molecule has 0 aliphatic rings. The summed E-state index contributed by atoms with van der Waals surface area (Å²) in [4.78, 5) is 10.1. The lowest BCUT2D eigenvalue weighted by Gasteiger charge is -2.22. The van der Waals surface area contributed by atoms with E-state index in [1.165, 1.54) is 55.0 Å². The molecule has 5 nitrogen and oxygen atoms in total. The number of imidazole rings is 1. The largest absolute Gasteiger partial charge is 0.309 e. The molecule has 0 saturated heterocycles. The molecule has 12 aromatic rings. The molecule has 5 heteroatoms. The van der Waals surface area contributed by atoms with E-state index >= 15 is 0 Å². The molecule has 0 amide bonds. The summed E-state index contributed by atoms with van der Waals surface area (Å²) in [7, 11) is 0. The highest BCUT2D eigenvalue weighted by Crippen LogP contribution is 2.42. The van der Waals surface area contributed by atoms with Crippen molar-refractivity contribution in [1.29, 1.82) is 0 Å². The normalized spacial score (nSPS) is 11.9. The molecule has 0 unspecified atom stereocenters. The van der Waals surface area contributed by atoms with Crippen molar-refractivity contribution in [2.75, 3.05) is 0 Å². The Balaban J connectivity index is 1.10. The van der Waals surface area contributed by atoms with Gasteiger partial charge in [0.2, 0.25) is 0 Å². The second-order valence-electron chi connectivity index (χ2n) is 18.3. The molecule has 0 atom stereocenters. The molecule has 4 aromatic heterocycles. The zero-order chi connectivity index (χ0) is 45.2. The van der Waals surface area contributed by atoms with Crippen LogP contribution in [0.15, 0.2) is 213 Å². The van der Waals surface area contributed by atoms with Crippen molar-refractivity contribution in [3.63, 3.8) is 0 Å². The number of fused-ring (bicyclic) bond motifs is 6. The molecule has 0 bridgehead atoms. The zero-order valence-corrected chi connectivity index (χ0v) is 38.1. The molecule has 8 aromatic carbocycles. The smallest absolute Gasteiger partial charge is 0.144 e. The Labute approximate surface area is 390 Å². The van der Waals surface area contributed by atoms with Crippen molar-refractivity contribution in [1.82, 2.24) is 23.7 Å². The number of hydrogen-bond acceptors (Lipinski definition) is 2. The predicted molar refractivity (Wildman–Crippen MR) is 280 cm³/mol. The zero-order valence-electron chi connectivity index (χ0n) is 38.1. The van der Waals surface area contributed by atoms with Gasteiger partial charge in [0.1, 0.15) is 11.6 Å². The Kier molecular flexibility index (Phi) is 9.79. The van der Waals surface area contributed by atoms with Crippen molar-refractivity contribution in [3.05, 3.63) is 224 Å². The third kappa shape index (κ3) is 6.85. The van der Waals surface area contributed by atoms with Gasteiger partial charge in [-0.05, 0) is 105 Å². The van der Waals surface area contributed by atoms with Crippen LogP contribution in [0, 0.1) is 0 Å². The van der Waals surface area contributed by atoms with E-state index in [1.807, 2.05) is 12.4 Å². The average Bonchev–Trinajstić information content (AvgIpc) is 4.08. The maximum Gasteiger partial charge on any atom is 0.144 e. The minimum absolute atomic E-state index is 0.347. The van der Waals surface area contributed by atoms with Crippen molar-refractivity contribution >= 4 is 43.6 Å². The van der Waals surface area contributed by atoms with Crippen LogP contribution in [0.2, 0.25) is 0 Å². The Bertz CT molecular complexity index is 3770. The molecule has 12 rings (SSSR count). The number of nitrogens with zero attached hydrogens (tertiary/aromatic N) is 5. The van der Waals surface area contributed by atoms with E-state index in [0.29, 0.717) is 11.8 Å². The van der Waals surface area contributed by atoms with Gasteiger partial charge >= 0.3 is 0 Å². The number of benzene rings is 8. The van der Waals surface area contributed by atoms with Crippen molar-refractivity contribution in [3.8, 4) is 62.0 Å². The van der Waals surface area contributed by atoms with Gasteiger partial charge in [0.15, 0.2) is 0 Å². The summed E-state index contributed by atoms with van der Waals surface area (Å²) in [6.45, 7) is 9.11. The summed E-state index contributed by atoms with van der Waals surface area (Å²) in [5.74, 6) is 2.50. The van der Waals surface area contributed by atoms with Crippen LogP contribution in [0.5, 0.6) is 0 Å². The number of hydrogen-bond donors (Lipinski definition) is 0. The Morgan fingerprint density at radius 1 is 0.358 bits per heavy atom. The van der Waals surface area contributed by atoms with E-state index in [9.17, 15) is 0 Å². The molecular weight excluding hydrogens is 815 g/mol. The maximum absolute atomic E-state index is 5.08. The number of aromatic nitrogens is 5. The minimum Gasteiger partial charge on any atom is -0.309 e. The lowest BCUT2D eigenvalue weighted by molar-refractivity contribution is 0.806. The fourth-order valence-electron chi connectivity index (χ4n) is 10.3. The topological polar surface area (TPSA) is 40.6 Å². The van der Waals surface area contributed by atoms with Crippen LogP contribution >= 0.6 is 0 Å². The first-order valence-corrected chi connectivity index (χ1v) is 23.4. The Morgan fingerprint density at radius 2 is 0.910 bits per heavy atom. The van der Waals surface area contributed by atoms with Crippen LogP contribution in [0.4, 0.5) is 0 Å². The summed E-state index contributed by atoms with van der Waals surface area (Å²) < 4.78 is 7.11. The first-order valence-electron chi connectivity index (χ1n) is 23.4. The fraction of sp³-hybridized carbons (Fsp3) is 0.0968. The molecule has 67 heavy (non-hydrogen) atoms. The van der Waals surface area contributed by atoms with E-state index in [-0.39, 0.29) is 0 Å². The van der Waals surface area contributed by atoms with Gasteiger partial charge in [-0.25, -0.2) is 9.97 Å². The summed E-state index contributed by atoms with van der Waals surface area (Å²) >= 11 is 0. The van der Waals surface area contributed by atoms with Gasteiger partial charge in [-0.15, -0.1) is 0 Å². The summed E-state index contributed by atoms with van der Waals surface area (Å²) in [6, 6.07) is 70.6. The highest BCUT2D eigenvalue weighted by molar-refractivity contribution is 6.19. The van der Waals surface area contributed by atoms with Gasteiger partial charge < -0.3 is 4.57 Å². The molecule has 322 valence electrons. The molecule has 0 N–H and O–H groups in total. The molecule has 0 radical (unpaired) electrons. The van der Waals surface area contributed by atoms with Crippen LogP contribution in [0.25, 0.3) is 106 Å². The van der Waals surface area contributed by atoms with Gasteiger partial charge in [-0.3, -0.25) is 9.13 Å². The van der Waals surface area contributed by atoms with E-state index < -0.39 is 0 Å². The van der Waals surface area contributed by atoms with Crippen LogP contribution in [0.3, 0.4) is 0 Å². The van der Waals surface area contributed by atoms with Crippen molar-refractivity contribution in [2.45, 2.75) is 39.5 Å². The van der Waals surface area contributed by atoms with E-state index in [0.717, 1.165) is 61.7 Å². The lowest BCUT2D eigenvalue weighted by Crippen LogP contribution is -2.08. The number of rotatable bonds is 9. The number of pyridine rings is 1. The van der Waals surface area contributed by atoms with Crippen LogP contribution in [-0.4, -0.2) is 23.7 Å². The van der Waals surface area contributed by atoms with E-state index in [2.05, 4.69) is 242 Å². The standard InChI is InChI=1S/C62H49N5/c1-40(2)50-22-14-23-51(41(3)4)61(50)65-34-33-64-62(65)48-19-13-20-49(35-48)66-57-36-46(45-27-25-44(26-28-45)42-15-7-5-8-16-42)29-30-53(57)55-38-54-52-21-11-12-24-56(52)67(59(54)39-58(55)66)60-37-47(31-32-63-60)43-17-9-6-10-18-43/h5-41H,1-4H3. The quantitative estimate of drug-likeness (QED) is 0.145. The van der Waals surface area contributed by atoms with Crippen molar-refractivity contribution < 1.29 is 0 Å². The highest BCUT2D eigenvalue weighted by atomic mass is 15.1. The fourth-order valence-corrected chi connectivity index (χ4v) is 10.3. The van der Waals surface area contributed by atoms with Crippen LogP contribution in [-0.2, 0) is 0 Å². The van der Waals surface area contributed by atoms with Crippen molar-refractivity contribution in [2.24, 2.45) is 0 Å². The minimum atomic E-state index is 0.347. The summed E-state index contributed by atoms with van der Waals surface area (Å²) in [5.41, 5.74) is 17.5. The predicted octanol–water partition coefficient (Wildman–Crippen LogP) is 16.4. The lowest BCUT2D eigenvalue weighted by atomic mass is 9.92. The SMILES string of the molecule is CC(C)c1cccc(C(C)C)c1-n1ccnc1-c1cccc(-n2c3cc(-c4ccc(-c5ccccc5)cc4)ccc3c3cc4c5ccccc5n(-c5cc(-c6ccccc6)ccn5)c4cc32)c1. The third-order valence-electron chi connectivity index (χ3n) is 13.6. The van der Waals surface area contributed by atoms with E-state index in [4.69, 9.17) is 9.97 Å². The summed E-state index contributed by atoms with van der Waals surface area (Å²) in [5, 5.41) is 4.78. The average molecular weight is 864 g/mol. The summed E-state index contributed by atoms with van der Waals surface area (Å²) in [6.07, 6.45) is 6.00. The first-order chi connectivity index (χ1) is 32.9. The molecule has 0 saturated carbocycles. The molecule has 4 heterocycles. The first kappa shape index (κ1) is 40.2. The highest BCUT2D eigenvalue weighted by Gasteiger charge is 2.22. The van der Waals surface area contributed by atoms with Crippen LogP contribution < -0.4 is 0 Å². The Morgan fingerprint density at radius 3 is 1.63 bits per heavy atom. The second kappa shape index (κ2) is 16.3. The monoisotopic (exact) mass is 863 g/mol. The Hall–Kier alpha value is -8.28. The van der Waals surface area contributed by atoms with Crippen LogP contribution in [0.1, 0.15) is 50.7 Å². The number of para-hydroxylation sites is 2. The van der Waals surface area contributed by atoms with E-state index in [1.54, 1.807) is 0 Å². The van der Waals surface area contributed by atoms with Gasteiger partial charge in [0, 0.05) is 51.4 Å². The second-order valence-corrected chi connectivity index (χ2v) is 18.3.